The lowest BCUT2D eigenvalue weighted by molar-refractivity contribution is 0.462. The molecule has 0 unspecified atom stereocenters. The van der Waals surface area contributed by atoms with E-state index in [1.165, 1.54) is 44.2 Å². The topological polar surface area (TPSA) is 37.0 Å². The molecule has 1 aliphatic rings. The Hall–Kier alpha value is -2.59. The third kappa shape index (κ3) is 5.27. The highest BCUT2D eigenvalue weighted by Gasteiger charge is 2.14. The van der Waals surface area contributed by atoms with Crippen LogP contribution in [0, 0.1) is 5.82 Å². The number of nitrogens with one attached hydrogen (secondary N) is 2. The van der Waals surface area contributed by atoms with Crippen LogP contribution in [-0.4, -0.2) is 11.0 Å². The van der Waals surface area contributed by atoms with Gasteiger partial charge < -0.3 is 10.6 Å². The van der Waals surface area contributed by atoms with E-state index < -0.39 is 0 Å². The van der Waals surface area contributed by atoms with Gasteiger partial charge in [0.05, 0.1) is 5.02 Å². The van der Waals surface area contributed by atoms with Crippen LogP contribution in [0.1, 0.15) is 37.7 Å². The molecule has 1 heterocycles. The fraction of sp³-hybridized carbons (Fsp3) is 0.292. The number of anilines is 2. The molecular weight excluding hydrogens is 385 g/mol. The minimum absolute atomic E-state index is 0.222. The van der Waals surface area contributed by atoms with E-state index in [1.807, 2.05) is 18.2 Å². The van der Waals surface area contributed by atoms with Gasteiger partial charge in [-0.25, -0.2) is 9.37 Å². The maximum atomic E-state index is 13.1. The first kappa shape index (κ1) is 19.7. The summed E-state index contributed by atoms with van der Waals surface area (Å²) in [5.74, 6) is 0.654. The first-order chi connectivity index (χ1) is 14.2. The van der Waals surface area contributed by atoms with Gasteiger partial charge in [-0.05, 0) is 54.3 Å². The second kappa shape index (κ2) is 9.27. The molecule has 0 aliphatic heterocycles. The lowest BCUT2D eigenvalue weighted by atomic mass is 9.95. The fourth-order valence-electron chi connectivity index (χ4n) is 3.80. The summed E-state index contributed by atoms with van der Waals surface area (Å²) in [4.78, 5) is 4.47. The van der Waals surface area contributed by atoms with Gasteiger partial charge in [0.25, 0.3) is 0 Å². The van der Waals surface area contributed by atoms with E-state index in [4.69, 9.17) is 11.6 Å². The number of nitrogens with zero attached hydrogens (tertiary/aromatic N) is 1. The first-order valence-electron chi connectivity index (χ1n) is 10.2. The monoisotopic (exact) mass is 409 g/mol. The molecule has 4 rings (SSSR count). The highest BCUT2D eigenvalue weighted by atomic mass is 35.5. The molecule has 0 spiro atoms. The molecule has 1 aliphatic carbocycles. The standard InChI is InChI=1S/C24H25ClFN3/c25-23-16-28-24(29-20-6-2-1-3-7-20)14-22(23)18-5-4-8-21(13-18)27-15-17-9-11-19(26)12-10-17/h4-5,8-14,16,20,27H,1-3,6-7,15H2,(H,28,29). The van der Waals surface area contributed by atoms with E-state index in [1.54, 1.807) is 18.3 Å². The molecule has 1 fully saturated rings. The Bertz CT molecular complexity index is 953. The lowest BCUT2D eigenvalue weighted by Gasteiger charge is -2.23. The SMILES string of the molecule is Fc1ccc(CNc2cccc(-c3cc(NC4CCCCC4)ncc3Cl)c2)cc1. The summed E-state index contributed by atoms with van der Waals surface area (Å²) in [6.45, 7) is 0.627. The molecule has 0 amide bonds. The van der Waals surface area contributed by atoms with Crippen LogP contribution in [-0.2, 0) is 6.54 Å². The largest absolute Gasteiger partial charge is 0.381 e. The summed E-state index contributed by atoms with van der Waals surface area (Å²) in [7, 11) is 0. The van der Waals surface area contributed by atoms with Gasteiger partial charge in [-0.2, -0.15) is 0 Å². The minimum Gasteiger partial charge on any atom is -0.381 e. The van der Waals surface area contributed by atoms with Gasteiger partial charge in [-0.3, -0.25) is 0 Å². The Kier molecular flexibility index (Phi) is 6.30. The molecule has 2 N–H and O–H groups in total. The Labute approximate surface area is 176 Å². The van der Waals surface area contributed by atoms with E-state index in [-0.39, 0.29) is 5.82 Å². The average molecular weight is 410 g/mol. The van der Waals surface area contributed by atoms with Crippen molar-refractivity contribution >= 4 is 23.1 Å². The molecule has 3 nitrogen and oxygen atoms in total. The summed E-state index contributed by atoms with van der Waals surface area (Å²) in [5, 5.41) is 7.60. The molecule has 0 radical (unpaired) electrons. The van der Waals surface area contributed by atoms with Crippen molar-refractivity contribution in [2.24, 2.45) is 0 Å². The van der Waals surface area contributed by atoms with E-state index >= 15 is 0 Å². The third-order valence-electron chi connectivity index (χ3n) is 5.40. The number of hydrogen-bond donors (Lipinski definition) is 2. The quantitative estimate of drug-likeness (QED) is 0.465. The molecule has 29 heavy (non-hydrogen) atoms. The van der Waals surface area contributed by atoms with Crippen LogP contribution in [0.15, 0.2) is 60.8 Å². The van der Waals surface area contributed by atoms with Crippen LogP contribution in [0.25, 0.3) is 11.1 Å². The van der Waals surface area contributed by atoms with E-state index in [2.05, 4.69) is 27.8 Å². The van der Waals surface area contributed by atoms with Crippen LogP contribution in [0.4, 0.5) is 15.9 Å². The zero-order chi connectivity index (χ0) is 20.1. The first-order valence-corrected chi connectivity index (χ1v) is 10.6. The van der Waals surface area contributed by atoms with E-state index in [0.717, 1.165) is 28.2 Å². The van der Waals surface area contributed by atoms with E-state index in [9.17, 15) is 4.39 Å². The van der Waals surface area contributed by atoms with Gasteiger partial charge in [-0.15, -0.1) is 0 Å². The second-order valence-corrected chi connectivity index (χ2v) is 8.00. The molecular formula is C24H25ClFN3. The van der Waals surface area contributed by atoms with Crippen molar-refractivity contribution in [1.82, 2.24) is 4.98 Å². The van der Waals surface area contributed by atoms with Gasteiger partial charge >= 0.3 is 0 Å². The van der Waals surface area contributed by atoms with Crippen LogP contribution in [0.5, 0.6) is 0 Å². The summed E-state index contributed by atoms with van der Waals surface area (Å²) in [6.07, 6.45) is 8.00. The number of benzene rings is 2. The Morgan fingerprint density at radius 2 is 1.79 bits per heavy atom. The maximum absolute atomic E-state index is 13.1. The highest BCUT2D eigenvalue weighted by Crippen LogP contribution is 2.32. The molecule has 1 saturated carbocycles. The van der Waals surface area contributed by atoms with Gasteiger partial charge in [0.15, 0.2) is 0 Å². The van der Waals surface area contributed by atoms with Gasteiger partial charge in [0.2, 0.25) is 0 Å². The van der Waals surface area contributed by atoms with Crippen molar-refractivity contribution in [2.75, 3.05) is 10.6 Å². The van der Waals surface area contributed by atoms with Crippen molar-refractivity contribution in [1.29, 1.82) is 0 Å². The minimum atomic E-state index is -0.222. The lowest BCUT2D eigenvalue weighted by Crippen LogP contribution is -2.22. The molecule has 3 aromatic rings. The summed E-state index contributed by atoms with van der Waals surface area (Å²) in [6, 6.07) is 17.2. The average Bonchev–Trinajstić information content (AvgIpc) is 2.76. The van der Waals surface area contributed by atoms with Crippen LogP contribution >= 0.6 is 11.6 Å². The van der Waals surface area contributed by atoms with E-state index in [0.29, 0.717) is 17.6 Å². The van der Waals surface area contributed by atoms with Crippen LogP contribution in [0.2, 0.25) is 5.02 Å². The van der Waals surface area contributed by atoms with Gasteiger partial charge in [-0.1, -0.05) is 55.1 Å². The summed E-state index contributed by atoms with van der Waals surface area (Å²) >= 11 is 6.47. The maximum Gasteiger partial charge on any atom is 0.126 e. The Morgan fingerprint density at radius 1 is 1.00 bits per heavy atom. The van der Waals surface area contributed by atoms with Crippen LogP contribution in [0.3, 0.4) is 0 Å². The van der Waals surface area contributed by atoms with Crippen molar-refractivity contribution in [3.05, 3.63) is 77.2 Å². The predicted molar refractivity (Wildman–Crippen MR) is 119 cm³/mol. The van der Waals surface area contributed by atoms with Crippen LogP contribution < -0.4 is 10.6 Å². The Balaban J connectivity index is 1.49. The normalized spacial score (nSPS) is 14.6. The van der Waals surface area contributed by atoms with Gasteiger partial charge in [0, 0.05) is 30.0 Å². The number of pyridine rings is 1. The molecule has 0 bridgehead atoms. The Morgan fingerprint density at radius 3 is 2.59 bits per heavy atom. The van der Waals surface area contributed by atoms with Gasteiger partial charge in [0.1, 0.15) is 11.6 Å². The van der Waals surface area contributed by atoms with Crippen molar-refractivity contribution in [3.63, 3.8) is 0 Å². The van der Waals surface area contributed by atoms with Crippen molar-refractivity contribution < 1.29 is 4.39 Å². The number of rotatable bonds is 6. The summed E-state index contributed by atoms with van der Waals surface area (Å²) in [5.41, 5.74) is 4.01. The number of hydrogen-bond acceptors (Lipinski definition) is 3. The molecule has 0 atom stereocenters. The predicted octanol–water partition coefficient (Wildman–Crippen LogP) is 6.90. The second-order valence-electron chi connectivity index (χ2n) is 7.59. The van der Waals surface area contributed by atoms with Crippen molar-refractivity contribution in [3.8, 4) is 11.1 Å². The zero-order valence-corrected chi connectivity index (χ0v) is 17.1. The molecule has 0 saturated heterocycles. The smallest absolute Gasteiger partial charge is 0.126 e. The summed E-state index contributed by atoms with van der Waals surface area (Å²) < 4.78 is 13.1. The molecule has 1 aromatic heterocycles. The fourth-order valence-corrected chi connectivity index (χ4v) is 4.01. The van der Waals surface area contributed by atoms with Crippen molar-refractivity contribution in [2.45, 2.75) is 44.7 Å². The number of halogens is 2. The number of aromatic nitrogens is 1. The molecule has 2 aromatic carbocycles. The zero-order valence-electron chi connectivity index (χ0n) is 16.3. The molecule has 5 heteroatoms. The molecule has 150 valence electrons. The third-order valence-corrected chi connectivity index (χ3v) is 5.70. The highest BCUT2D eigenvalue weighted by molar-refractivity contribution is 6.33.